The van der Waals surface area contributed by atoms with Crippen LogP contribution in [0.4, 0.5) is 0 Å². The minimum Gasteiger partial charge on any atom is -0.311 e. The van der Waals surface area contributed by atoms with Crippen LogP contribution in [0.15, 0.2) is 6.20 Å². The summed E-state index contributed by atoms with van der Waals surface area (Å²) >= 11 is 0. The lowest BCUT2D eigenvalue weighted by molar-refractivity contribution is 0.379. The van der Waals surface area contributed by atoms with E-state index in [9.17, 15) is 0 Å². The quantitative estimate of drug-likeness (QED) is 0.706. The van der Waals surface area contributed by atoms with Gasteiger partial charge in [-0.25, -0.2) is 0 Å². The van der Waals surface area contributed by atoms with Crippen molar-refractivity contribution in [3.63, 3.8) is 0 Å². The van der Waals surface area contributed by atoms with E-state index in [4.69, 9.17) is 0 Å². The third-order valence-corrected chi connectivity index (χ3v) is 2.13. The average Bonchev–Trinajstić information content (AvgIpc) is 2.62. The molecular weight excluding hydrogens is 190 g/mol. The summed E-state index contributed by atoms with van der Waals surface area (Å²) in [5, 5.41) is 11.4. The fourth-order valence-electron chi connectivity index (χ4n) is 1.33. The molecule has 5 nitrogen and oxygen atoms in total. The molecule has 15 heavy (non-hydrogen) atoms. The van der Waals surface area contributed by atoms with E-state index in [1.165, 1.54) is 0 Å². The maximum atomic E-state index is 4.09. The van der Waals surface area contributed by atoms with Gasteiger partial charge in [0.25, 0.3) is 0 Å². The fraction of sp³-hybridized carbons (Fsp3) is 0.800. The van der Waals surface area contributed by atoms with Crippen molar-refractivity contribution in [3.8, 4) is 0 Å². The zero-order valence-corrected chi connectivity index (χ0v) is 9.90. The Balaban J connectivity index is 2.26. The standard InChI is InChI=1S/C10H21N5/c1-4-11-8-10-9-15(13-12-10)7-5-6-14(2)3/h9,11H,4-8H2,1-3H3. The number of aryl methyl sites for hydroxylation is 1. The summed E-state index contributed by atoms with van der Waals surface area (Å²) in [4.78, 5) is 2.18. The van der Waals surface area contributed by atoms with E-state index in [1.807, 2.05) is 10.9 Å². The van der Waals surface area contributed by atoms with Crippen molar-refractivity contribution < 1.29 is 0 Å². The van der Waals surface area contributed by atoms with Crippen LogP contribution in [0.1, 0.15) is 19.0 Å². The summed E-state index contributed by atoms with van der Waals surface area (Å²) in [6.07, 6.45) is 3.12. The third kappa shape index (κ3) is 4.90. The van der Waals surface area contributed by atoms with E-state index in [0.29, 0.717) is 0 Å². The second-order valence-corrected chi connectivity index (χ2v) is 3.91. The Morgan fingerprint density at radius 2 is 2.27 bits per heavy atom. The highest BCUT2D eigenvalue weighted by atomic mass is 15.4. The third-order valence-electron chi connectivity index (χ3n) is 2.13. The van der Waals surface area contributed by atoms with E-state index in [-0.39, 0.29) is 0 Å². The topological polar surface area (TPSA) is 46.0 Å². The van der Waals surface area contributed by atoms with Gasteiger partial charge >= 0.3 is 0 Å². The fourth-order valence-corrected chi connectivity index (χ4v) is 1.33. The summed E-state index contributed by atoms with van der Waals surface area (Å²) in [5.41, 5.74) is 1.02. The first kappa shape index (κ1) is 12.1. The largest absolute Gasteiger partial charge is 0.311 e. The van der Waals surface area contributed by atoms with Gasteiger partial charge in [0.2, 0.25) is 0 Å². The molecule has 0 amide bonds. The van der Waals surface area contributed by atoms with Crippen molar-refractivity contribution in [1.29, 1.82) is 0 Å². The Kier molecular flexibility index (Phi) is 5.28. The number of hydrogen-bond acceptors (Lipinski definition) is 4. The first-order valence-electron chi connectivity index (χ1n) is 5.47. The molecule has 0 aliphatic carbocycles. The SMILES string of the molecule is CCNCc1cn(CCCN(C)C)nn1. The lowest BCUT2D eigenvalue weighted by atomic mass is 10.4. The molecule has 0 aromatic carbocycles. The van der Waals surface area contributed by atoms with Gasteiger partial charge in [0.15, 0.2) is 0 Å². The van der Waals surface area contributed by atoms with Crippen molar-refractivity contribution >= 4 is 0 Å². The number of nitrogens with zero attached hydrogens (tertiary/aromatic N) is 4. The summed E-state index contributed by atoms with van der Waals surface area (Å²) < 4.78 is 1.91. The molecule has 1 heterocycles. The van der Waals surface area contributed by atoms with Gasteiger partial charge in [-0.2, -0.15) is 0 Å². The van der Waals surface area contributed by atoms with Crippen LogP contribution < -0.4 is 5.32 Å². The first-order valence-corrected chi connectivity index (χ1v) is 5.47. The number of hydrogen-bond donors (Lipinski definition) is 1. The van der Waals surface area contributed by atoms with Gasteiger partial charge in [-0.1, -0.05) is 12.1 Å². The zero-order valence-electron chi connectivity index (χ0n) is 9.90. The Morgan fingerprint density at radius 3 is 2.93 bits per heavy atom. The molecule has 1 aromatic rings. The Hall–Kier alpha value is -0.940. The molecule has 86 valence electrons. The Morgan fingerprint density at radius 1 is 1.47 bits per heavy atom. The molecule has 0 radical (unpaired) electrons. The van der Waals surface area contributed by atoms with Crippen LogP contribution in [0.2, 0.25) is 0 Å². The van der Waals surface area contributed by atoms with Crippen LogP contribution in [0.3, 0.4) is 0 Å². The van der Waals surface area contributed by atoms with Crippen LogP contribution >= 0.6 is 0 Å². The first-order chi connectivity index (χ1) is 7.22. The lowest BCUT2D eigenvalue weighted by Gasteiger charge is -2.08. The summed E-state index contributed by atoms with van der Waals surface area (Å²) in [5.74, 6) is 0. The van der Waals surface area contributed by atoms with Crippen LogP contribution in [-0.2, 0) is 13.1 Å². The maximum absolute atomic E-state index is 4.09. The zero-order chi connectivity index (χ0) is 11.1. The van der Waals surface area contributed by atoms with Crippen molar-refractivity contribution in [2.45, 2.75) is 26.4 Å². The van der Waals surface area contributed by atoms with Crippen LogP contribution in [0.5, 0.6) is 0 Å². The second kappa shape index (κ2) is 6.53. The molecule has 0 fully saturated rings. The van der Waals surface area contributed by atoms with Crippen molar-refractivity contribution in [2.75, 3.05) is 27.2 Å². The number of rotatable bonds is 7. The Labute approximate surface area is 91.5 Å². The molecule has 1 rings (SSSR count). The highest BCUT2D eigenvalue weighted by Gasteiger charge is 1.99. The van der Waals surface area contributed by atoms with Crippen LogP contribution in [0.25, 0.3) is 0 Å². The second-order valence-electron chi connectivity index (χ2n) is 3.91. The molecule has 0 unspecified atom stereocenters. The minimum atomic E-state index is 0.810. The molecule has 0 atom stereocenters. The molecule has 0 spiro atoms. The van der Waals surface area contributed by atoms with Gasteiger partial charge in [-0.3, -0.25) is 4.68 Å². The van der Waals surface area contributed by atoms with E-state index >= 15 is 0 Å². The molecular formula is C10H21N5. The molecule has 0 aliphatic rings. The number of aromatic nitrogens is 3. The van der Waals surface area contributed by atoms with Crippen molar-refractivity contribution in [3.05, 3.63) is 11.9 Å². The predicted octanol–water partition coefficient (Wildman–Crippen LogP) is 0.339. The van der Waals surface area contributed by atoms with Crippen molar-refractivity contribution in [2.24, 2.45) is 0 Å². The normalized spacial score (nSPS) is 11.2. The smallest absolute Gasteiger partial charge is 0.0964 e. The highest BCUT2D eigenvalue weighted by molar-refractivity contribution is 4.91. The van der Waals surface area contributed by atoms with Gasteiger partial charge in [-0.05, 0) is 33.6 Å². The molecule has 1 N–H and O–H groups in total. The number of nitrogens with one attached hydrogen (secondary N) is 1. The highest BCUT2D eigenvalue weighted by Crippen LogP contribution is 1.94. The average molecular weight is 211 g/mol. The lowest BCUT2D eigenvalue weighted by Crippen LogP contribution is -2.15. The predicted molar refractivity (Wildman–Crippen MR) is 60.6 cm³/mol. The van der Waals surface area contributed by atoms with Gasteiger partial charge in [-0.15, -0.1) is 5.10 Å². The summed E-state index contributed by atoms with van der Waals surface area (Å²) in [6.45, 7) is 5.89. The van der Waals surface area contributed by atoms with Gasteiger partial charge in [0.05, 0.1) is 5.69 Å². The maximum Gasteiger partial charge on any atom is 0.0964 e. The molecule has 0 aliphatic heterocycles. The van der Waals surface area contributed by atoms with E-state index in [1.54, 1.807) is 0 Å². The molecule has 0 saturated heterocycles. The van der Waals surface area contributed by atoms with E-state index < -0.39 is 0 Å². The molecule has 1 aromatic heterocycles. The minimum absolute atomic E-state index is 0.810. The monoisotopic (exact) mass is 211 g/mol. The molecule has 5 heteroatoms. The summed E-state index contributed by atoms with van der Waals surface area (Å²) in [7, 11) is 4.16. The van der Waals surface area contributed by atoms with E-state index in [2.05, 4.69) is 41.5 Å². The van der Waals surface area contributed by atoms with Gasteiger partial charge < -0.3 is 10.2 Å². The van der Waals surface area contributed by atoms with Gasteiger partial charge in [0.1, 0.15) is 0 Å². The Bertz CT molecular complexity index is 269. The van der Waals surface area contributed by atoms with E-state index in [0.717, 1.165) is 38.3 Å². The molecule has 0 saturated carbocycles. The van der Waals surface area contributed by atoms with Gasteiger partial charge in [0, 0.05) is 19.3 Å². The van der Waals surface area contributed by atoms with Crippen molar-refractivity contribution in [1.82, 2.24) is 25.2 Å². The van der Waals surface area contributed by atoms with Crippen LogP contribution in [0, 0.1) is 0 Å². The molecule has 0 bridgehead atoms. The summed E-state index contributed by atoms with van der Waals surface area (Å²) in [6, 6.07) is 0. The van der Waals surface area contributed by atoms with Crippen LogP contribution in [-0.4, -0.2) is 47.1 Å².